The van der Waals surface area contributed by atoms with Crippen LogP contribution >= 0.6 is 0 Å². The Hall–Kier alpha value is -2.09. The molecule has 0 bridgehead atoms. The Kier molecular flexibility index (Phi) is 3.24. The van der Waals surface area contributed by atoms with Crippen LogP contribution in [0.15, 0.2) is 48.2 Å². The zero-order valence-corrected chi connectivity index (χ0v) is 10.0. The smallest absolute Gasteiger partial charge is 0.220 e. The summed E-state index contributed by atoms with van der Waals surface area (Å²) in [5, 5.41) is 5.18. The van der Waals surface area contributed by atoms with Gasteiger partial charge in [-0.05, 0) is 29.3 Å². The monoisotopic (exact) mass is 225 g/mol. The summed E-state index contributed by atoms with van der Waals surface area (Å²) in [7, 11) is 0. The van der Waals surface area contributed by atoms with Gasteiger partial charge in [0.1, 0.15) is 0 Å². The summed E-state index contributed by atoms with van der Waals surface area (Å²) >= 11 is 0. The molecule has 0 aliphatic carbocycles. The number of carbonyl (C=O) groups is 1. The summed E-state index contributed by atoms with van der Waals surface area (Å²) in [5.74, 6) is -0.0426. The van der Waals surface area contributed by atoms with E-state index in [-0.39, 0.29) is 5.91 Å². The van der Waals surface area contributed by atoms with Gasteiger partial charge in [0.05, 0.1) is 0 Å². The van der Waals surface area contributed by atoms with E-state index in [0.717, 1.165) is 11.3 Å². The predicted octanol–water partition coefficient (Wildman–Crippen LogP) is 3.34. The van der Waals surface area contributed by atoms with E-state index in [9.17, 15) is 4.79 Å². The lowest BCUT2D eigenvalue weighted by molar-refractivity contribution is -0.118. The van der Waals surface area contributed by atoms with Crippen LogP contribution in [0.25, 0.3) is 16.8 Å². The SMILES string of the molecule is CC(=O)N/C(C)=C/c1cccc2ccccc12. The summed E-state index contributed by atoms with van der Waals surface area (Å²) in [5.41, 5.74) is 1.98. The third-order valence-electron chi connectivity index (χ3n) is 2.57. The number of hydrogen-bond acceptors (Lipinski definition) is 1. The van der Waals surface area contributed by atoms with Crippen molar-refractivity contribution in [3.63, 3.8) is 0 Å². The van der Waals surface area contributed by atoms with Crippen LogP contribution in [0.4, 0.5) is 0 Å². The Morgan fingerprint density at radius 2 is 1.76 bits per heavy atom. The van der Waals surface area contributed by atoms with E-state index in [0.29, 0.717) is 0 Å². The highest BCUT2D eigenvalue weighted by Gasteiger charge is 1.98. The molecule has 0 saturated carbocycles. The van der Waals surface area contributed by atoms with Crippen LogP contribution in [0.2, 0.25) is 0 Å². The number of nitrogens with one attached hydrogen (secondary N) is 1. The lowest BCUT2D eigenvalue weighted by Gasteiger charge is -2.05. The van der Waals surface area contributed by atoms with Crippen molar-refractivity contribution in [2.45, 2.75) is 13.8 Å². The van der Waals surface area contributed by atoms with Crippen molar-refractivity contribution in [1.82, 2.24) is 5.32 Å². The van der Waals surface area contributed by atoms with E-state index in [4.69, 9.17) is 0 Å². The maximum Gasteiger partial charge on any atom is 0.220 e. The van der Waals surface area contributed by atoms with E-state index in [2.05, 4.69) is 23.5 Å². The summed E-state index contributed by atoms with van der Waals surface area (Å²) < 4.78 is 0. The zero-order chi connectivity index (χ0) is 12.3. The molecule has 1 N–H and O–H groups in total. The van der Waals surface area contributed by atoms with Crippen molar-refractivity contribution in [1.29, 1.82) is 0 Å². The molecule has 2 rings (SSSR count). The second-order valence-corrected chi connectivity index (χ2v) is 4.08. The Bertz CT molecular complexity index is 579. The van der Waals surface area contributed by atoms with Crippen LogP contribution < -0.4 is 5.32 Å². The molecule has 2 aromatic carbocycles. The molecule has 0 aromatic heterocycles. The Labute approximate surface area is 101 Å². The molecule has 0 unspecified atom stereocenters. The van der Waals surface area contributed by atoms with Gasteiger partial charge in [0, 0.05) is 12.6 Å². The fourth-order valence-corrected chi connectivity index (χ4v) is 1.92. The molecule has 86 valence electrons. The molecule has 2 nitrogen and oxygen atoms in total. The number of hydrogen-bond donors (Lipinski definition) is 1. The average molecular weight is 225 g/mol. The number of allylic oxidation sites excluding steroid dienone is 1. The Balaban J connectivity index is 2.45. The third-order valence-corrected chi connectivity index (χ3v) is 2.57. The minimum atomic E-state index is -0.0426. The minimum absolute atomic E-state index is 0.0426. The molecular weight excluding hydrogens is 210 g/mol. The quantitative estimate of drug-likeness (QED) is 0.834. The molecule has 0 spiro atoms. The van der Waals surface area contributed by atoms with Gasteiger partial charge in [-0.1, -0.05) is 42.5 Å². The second kappa shape index (κ2) is 4.83. The highest BCUT2D eigenvalue weighted by Crippen LogP contribution is 2.20. The molecule has 2 heteroatoms. The molecule has 0 aliphatic heterocycles. The lowest BCUT2D eigenvalue weighted by Crippen LogP contribution is -2.16. The standard InChI is InChI=1S/C15H15NO/c1-11(16-12(2)17)10-14-8-5-7-13-6-3-4-9-15(13)14/h3-10H,1-2H3,(H,16,17)/b11-10+. The van der Waals surface area contributed by atoms with Crippen molar-refractivity contribution in [2.24, 2.45) is 0 Å². The lowest BCUT2D eigenvalue weighted by atomic mass is 10.0. The first kappa shape index (κ1) is 11.4. The number of benzene rings is 2. The molecule has 0 saturated heterocycles. The van der Waals surface area contributed by atoms with Crippen LogP contribution in [0.1, 0.15) is 19.4 Å². The summed E-state index contributed by atoms with van der Waals surface area (Å²) in [6.45, 7) is 3.41. The molecule has 2 aromatic rings. The first-order valence-electron chi connectivity index (χ1n) is 5.60. The van der Waals surface area contributed by atoms with E-state index in [1.54, 1.807) is 0 Å². The van der Waals surface area contributed by atoms with Crippen LogP contribution in [-0.2, 0) is 4.79 Å². The zero-order valence-electron chi connectivity index (χ0n) is 10.0. The molecule has 0 heterocycles. The van der Waals surface area contributed by atoms with Gasteiger partial charge in [-0.3, -0.25) is 4.79 Å². The van der Waals surface area contributed by atoms with Crippen LogP contribution in [0.3, 0.4) is 0 Å². The molecule has 0 fully saturated rings. The normalized spacial score (nSPS) is 11.5. The molecule has 17 heavy (non-hydrogen) atoms. The highest BCUT2D eigenvalue weighted by molar-refractivity contribution is 5.91. The van der Waals surface area contributed by atoms with Crippen LogP contribution in [-0.4, -0.2) is 5.91 Å². The molecule has 0 atom stereocenters. The van der Waals surface area contributed by atoms with Crippen molar-refractivity contribution in [3.8, 4) is 0 Å². The van der Waals surface area contributed by atoms with Gasteiger partial charge in [0.15, 0.2) is 0 Å². The Morgan fingerprint density at radius 1 is 1.06 bits per heavy atom. The van der Waals surface area contributed by atoms with E-state index in [1.165, 1.54) is 17.7 Å². The summed E-state index contributed by atoms with van der Waals surface area (Å²) in [4.78, 5) is 11.0. The number of fused-ring (bicyclic) bond motifs is 1. The van der Waals surface area contributed by atoms with Gasteiger partial charge >= 0.3 is 0 Å². The minimum Gasteiger partial charge on any atom is -0.330 e. The van der Waals surface area contributed by atoms with Crippen molar-refractivity contribution in [2.75, 3.05) is 0 Å². The Morgan fingerprint density at radius 3 is 2.53 bits per heavy atom. The van der Waals surface area contributed by atoms with Crippen LogP contribution in [0, 0.1) is 0 Å². The maximum atomic E-state index is 11.0. The first-order valence-corrected chi connectivity index (χ1v) is 5.60. The molecular formula is C15H15NO. The van der Waals surface area contributed by atoms with Gasteiger partial charge < -0.3 is 5.32 Å². The van der Waals surface area contributed by atoms with E-state index < -0.39 is 0 Å². The van der Waals surface area contributed by atoms with Crippen molar-refractivity contribution in [3.05, 3.63) is 53.7 Å². The maximum absolute atomic E-state index is 11.0. The summed E-state index contributed by atoms with van der Waals surface area (Å²) in [6, 6.07) is 14.4. The van der Waals surface area contributed by atoms with E-state index in [1.807, 2.05) is 37.3 Å². The van der Waals surface area contributed by atoms with E-state index >= 15 is 0 Å². The molecule has 0 radical (unpaired) electrons. The van der Waals surface area contributed by atoms with Gasteiger partial charge in [0.2, 0.25) is 5.91 Å². The van der Waals surface area contributed by atoms with Crippen molar-refractivity contribution >= 4 is 22.8 Å². The number of rotatable bonds is 2. The summed E-state index contributed by atoms with van der Waals surface area (Å²) in [6.07, 6.45) is 1.99. The fourth-order valence-electron chi connectivity index (χ4n) is 1.92. The van der Waals surface area contributed by atoms with Crippen molar-refractivity contribution < 1.29 is 4.79 Å². The van der Waals surface area contributed by atoms with Crippen LogP contribution in [0.5, 0.6) is 0 Å². The average Bonchev–Trinajstić information content (AvgIpc) is 2.28. The third kappa shape index (κ3) is 2.72. The second-order valence-electron chi connectivity index (χ2n) is 4.08. The predicted molar refractivity (Wildman–Crippen MR) is 71.4 cm³/mol. The largest absolute Gasteiger partial charge is 0.330 e. The highest BCUT2D eigenvalue weighted by atomic mass is 16.1. The van der Waals surface area contributed by atoms with Gasteiger partial charge in [-0.25, -0.2) is 0 Å². The topological polar surface area (TPSA) is 29.1 Å². The fraction of sp³-hybridized carbons (Fsp3) is 0.133. The van der Waals surface area contributed by atoms with Gasteiger partial charge in [-0.2, -0.15) is 0 Å². The number of amides is 1. The molecule has 0 aliphatic rings. The first-order chi connectivity index (χ1) is 8.16. The number of carbonyl (C=O) groups excluding carboxylic acids is 1. The van der Waals surface area contributed by atoms with Gasteiger partial charge in [0.25, 0.3) is 0 Å². The molecule has 1 amide bonds. The van der Waals surface area contributed by atoms with Gasteiger partial charge in [-0.15, -0.1) is 0 Å².